The molecule has 0 fully saturated rings. The van der Waals surface area contributed by atoms with Crippen molar-refractivity contribution in [2.75, 3.05) is 13.1 Å². The SMILES string of the molecule is NCCN.[H-].[H-].[Mg+2]. The molecule has 0 unspecified atom stereocenters. The molecule has 0 aromatic carbocycles. The van der Waals surface area contributed by atoms with E-state index in [1.165, 1.54) is 0 Å². The Balaban J connectivity index is -0.0000000150. The van der Waals surface area contributed by atoms with Crippen LogP contribution in [0.15, 0.2) is 0 Å². The van der Waals surface area contributed by atoms with Gasteiger partial charge < -0.3 is 14.3 Å². The van der Waals surface area contributed by atoms with Gasteiger partial charge in [-0.25, -0.2) is 0 Å². The normalized spacial score (nSPS) is 6.00. The summed E-state index contributed by atoms with van der Waals surface area (Å²) >= 11 is 0. The first kappa shape index (κ1) is 9.19. The van der Waals surface area contributed by atoms with Gasteiger partial charge in [0, 0.05) is 13.1 Å². The van der Waals surface area contributed by atoms with Gasteiger partial charge in [-0.1, -0.05) is 0 Å². The molecule has 0 saturated heterocycles. The van der Waals surface area contributed by atoms with E-state index in [0.29, 0.717) is 13.1 Å². The maximum Gasteiger partial charge on any atom is 2.00 e. The molecule has 4 N–H and O–H groups in total. The van der Waals surface area contributed by atoms with Crippen molar-refractivity contribution >= 4 is 23.1 Å². The van der Waals surface area contributed by atoms with E-state index in [9.17, 15) is 0 Å². The molecule has 0 radical (unpaired) electrons. The second-order valence-electron chi connectivity index (χ2n) is 0.577. The summed E-state index contributed by atoms with van der Waals surface area (Å²) in [4.78, 5) is 0. The van der Waals surface area contributed by atoms with Gasteiger partial charge >= 0.3 is 23.1 Å². The van der Waals surface area contributed by atoms with Gasteiger partial charge in [0.2, 0.25) is 0 Å². The third-order valence-corrected chi connectivity index (χ3v) is 0.167. The van der Waals surface area contributed by atoms with Gasteiger partial charge in [-0.3, -0.25) is 0 Å². The number of hydrogen-bond donors (Lipinski definition) is 2. The van der Waals surface area contributed by atoms with Crippen LogP contribution >= 0.6 is 0 Å². The van der Waals surface area contributed by atoms with Crippen molar-refractivity contribution in [1.29, 1.82) is 0 Å². The molecule has 0 aromatic rings. The zero-order valence-corrected chi connectivity index (χ0v) is 4.69. The Morgan fingerprint density at radius 1 is 1.20 bits per heavy atom. The zero-order chi connectivity index (χ0) is 3.41. The topological polar surface area (TPSA) is 52.0 Å². The quantitative estimate of drug-likeness (QED) is 0.392. The van der Waals surface area contributed by atoms with Crippen molar-refractivity contribution < 1.29 is 2.85 Å². The fraction of sp³-hybridized carbons (Fsp3) is 1.00. The standard InChI is InChI=1S/C2H8N2.Mg.2H/c3-1-2-4;;;/h1-4H2;;;/q;+2;2*-1. The molecular formula is C2H10MgN2. The molecule has 30 valence electrons. The number of nitrogens with two attached hydrogens (primary N) is 2. The molecule has 0 rings (SSSR count). The van der Waals surface area contributed by atoms with Gasteiger partial charge in [0.15, 0.2) is 0 Å². The van der Waals surface area contributed by atoms with Gasteiger partial charge in [-0.05, 0) is 0 Å². The Morgan fingerprint density at radius 3 is 1.40 bits per heavy atom. The van der Waals surface area contributed by atoms with Gasteiger partial charge in [0.05, 0.1) is 0 Å². The van der Waals surface area contributed by atoms with Crippen LogP contribution in [0.25, 0.3) is 0 Å². The summed E-state index contributed by atoms with van der Waals surface area (Å²) < 4.78 is 0. The molecule has 0 bridgehead atoms. The molecule has 0 aliphatic carbocycles. The van der Waals surface area contributed by atoms with E-state index in [0.717, 1.165) is 0 Å². The van der Waals surface area contributed by atoms with E-state index >= 15 is 0 Å². The van der Waals surface area contributed by atoms with Crippen molar-refractivity contribution in [2.24, 2.45) is 11.5 Å². The van der Waals surface area contributed by atoms with E-state index < -0.39 is 0 Å². The summed E-state index contributed by atoms with van der Waals surface area (Å²) in [5.41, 5.74) is 9.81. The van der Waals surface area contributed by atoms with E-state index in [1.54, 1.807) is 0 Å². The molecule has 0 saturated carbocycles. The van der Waals surface area contributed by atoms with Crippen LogP contribution in [0.4, 0.5) is 0 Å². The van der Waals surface area contributed by atoms with Crippen LogP contribution in [0.2, 0.25) is 0 Å². The van der Waals surface area contributed by atoms with Crippen molar-refractivity contribution in [2.45, 2.75) is 0 Å². The molecule has 3 heteroatoms. The predicted molar refractivity (Wildman–Crippen MR) is 26.1 cm³/mol. The summed E-state index contributed by atoms with van der Waals surface area (Å²) in [6.45, 7) is 1.19. The first-order chi connectivity index (χ1) is 1.91. The van der Waals surface area contributed by atoms with Crippen LogP contribution in [0.3, 0.4) is 0 Å². The van der Waals surface area contributed by atoms with Crippen molar-refractivity contribution in [3.63, 3.8) is 0 Å². The molecule has 0 aliphatic rings. The summed E-state index contributed by atoms with van der Waals surface area (Å²) in [6.07, 6.45) is 0. The smallest absolute Gasteiger partial charge is 1.00 e. The van der Waals surface area contributed by atoms with E-state index in [-0.39, 0.29) is 25.9 Å². The summed E-state index contributed by atoms with van der Waals surface area (Å²) in [5.74, 6) is 0. The minimum atomic E-state index is 0. The van der Waals surface area contributed by atoms with Crippen LogP contribution in [0.1, 0.15) is 2.85 Å². The Labute approximate surface area is 51.0 Å². The Kier molecular flexibility index (Phi) is 16.2. The average Bonchev–Trinajstić information content (AvgIpc) is 1.37. The maximum atomic E-state index is 4.90. The fourth-order valence-electron chi connectivity index (χ4n) is 0. The molecular weight excluding hydrogens is 76.3 g/mol. The van der Waals surface area contributed by atoms with Crippen LogP contribution in [0, 0.1) is 0 Å². The first-order valence-electron chi connectivity index (χ1n) is 1.32. The fourth-order valence-corrected chi connectivity index (χ4v) is 0. The Hall–Kier alpha value is 0.686. The van der Waals surface area contributed by atoms with E-state index in [4.69, 9.17) is 11.5 Å². The molecule has 0 aromatic heterocycles. The molecule has 0 aliphatic heterocycles. The minimum absolute atomic E-state index is 0. The van der Waals surface area contributed by atoms with E-state index in [2.05, 4.69) is 0 Å². The predicted octanol–water partition coefficient (Wildman–Crippen LogP) is -1.25. The second-order valence-corrected chi connectivity index (χ2v) is 0.577. The molecule has 0 amide bonds. The first-order valence-corrected chi connectivity index (χ1v) is 1.32. The molecule has 5 heavy (non-hydrogen) atoms. The van der Waals surface area contributed by atoms with Gasteiger partial charge in [0.1, 0.15) is 0 Å². The van der Waals surface area contributed by atoms with Gasteiger partial charge in [-0.2, -0.15) is 0 Å². The summed E-state index contributed by atoms with van der Waals surface area (Å²) in [5, 5.41) is 0. The van der Waals surface area contributed by atoms with Crippen LogP contribution in [-0.4, -0.2) is 36.1 Å². The summed E-state index contributed by atoms with van der Waals surface area (Å²) in [6, 6.07) is 0. The minimum Gasteiger partial charge on any atom is -1.00 e. The van der Waals surface area contributed by atoms with Crippen LogP contribution in [-0.2, 0) is 0 Å². The molecule has 0 atom stereocenters. The molecule has 0 spiro atoms. The molecule has 0 heterocycles. The number of rotatable bonds is 1. The largest absolute Gasteiger partial charge is 2.00 e. The maximum absolute atomic E-state index is 4.90. The number of hydrogen-bond acceptors (Lipinski definition) is 2. The van der Waals surface area contributed by atoms with Crippen molar-refractivity contribution in [1.82, 2.24) is 0 Å². The monoisotopic (exact) mass is 86.1 g/mol. The van der Waals surface area contributed by atoms with Gasteiger partial charge in [0.25, 0.3) is 0 Å². The molecule has 2 nitrogen and oxygen atoms in total. The second kappa shape index (κ2) is 8.82. The van der Waals surface area contributed by atoms with Crippen LogP contribution < -0.4 is 11.5 Å². The van der Waals surface area contributed by atoms with E-state index in [1.807, 2.05) is 0 Å². The Morgan fingerprint density at radius 2 is 1.40 bits per heavy atom. The third kappa shape index (κ3) is 11.9. The zero-order valence-electron chi connectivity index (χ0n) is 5.28. The average molecular weight is 86.4 g/mol. The van der Waals surface area contributed by atoms with Crippen molar-refractivity contribution in [3.8, 4) is 0 Å². The summed E-state index contributed by atoms with van der Waals surface area (Å²) in [7, 11) is 0. The van der Waals surface area contributed by atoms with Crippen molar-refractivity contribution in [3.05, 3.63) is 0 Å². The third-order valence-electron chi connectivity index (χ3n) is 0.167. The van der Waals surface area contributed by atoms with Gasteiger partial charge in [-0.15, -0.1) is 0 Å². The van der Waals surface area contributed by atoms with Crippen LogP contribution in [0.5, 0.6) is 0 Å². The Bertz CT molecular complexity index is 15.7.